The van der Waals surface area contributed by atoms with Gasteiger partial charge < -0.3 is 15.1 Å². The number of hydrogen-bond acceptors (Lipinski definition) is 4. The number of amides is 2. The van der Waals surface area contributed by atoms with Gasteiger partial charge in [-0.15, -0.1) is 0 Å². The van der Waals surface area contributed by atoms with Gasteiger partial charge in [-0.3, -0.25) is 14.7 Å². The summed E-state index contributed by atoms with van der Waals surface area (Å²) >= 11 is 6.06. The average molecular weight is 359 g/mol. The number of rotatable bonds is 5. The standard InChI is InChI=1S/C17H15ClN4O3/c1-10-4-5-12(11(18)7-10)20-16(23)9-19-17(24)14-8-13(21-22-14)15-3-2-6-25-15/h2-8H,9H2,1H3,(H,19,24)(H,20,23)(H,21,22). The van der Waals surface area contributed by atoms with Crippen molar-refractivity contribution in [2.45, 2.75) is 6.92 Å². The van der Waals surface area contributed by atoms with Crippen LogP contribution >= 0.6 is 11.6 Å². The minimum Gasteiger partial charge on any atom is -0.463 e. The highest BCUT2D eigenvalue weighted by atomic mass is 35.5. The molecule has 2 amide bonds. The molecule has 1 aromatic carbocycles. The number of aryl methyl sites for hydroxylation is 1. The van der Waals surface area contributed by atoms with Crippen molar-refractivity contribution in [1.82, 2.24) is 15.5 Å². The molecule has 3 aromatic rings. The van der Waals surface area contributed by atoms with Crippen LogP contribution in [0.1, 0.15) is 16.1 Å². The van der Waals surface area contributed by atoms with E-state index in [0.29, 0.717) is 22.2 Å². The van der Waals surface area contributed by atoms with Crippen LogP contribution in [0.15, 0.2) is 47.1 Å². The molecule has 0 aliphatic heterocycles. The summed E-state index contributed by atoms with van der Waals surface area (Å²) in [6.07, 6.45) is 1.52. The summed E-state index contributed by atoms with van der Waals surface area (Å²) in [6.45, 7) is 1.70. The third-order valence-electron chi connectivity index (χ3n) is 3.41. The van der Waals surface area contributed by atoms with Gasteiger partial charge in [-0.2, -0.15) is 5.10 Å². The minimum absolute atomic E-state index is 0.160. The van der Waals surface area contributed by atoms with Crippen LogP contribution in [0.25, 0.3) is 11.5 Å². The Balaban J connectivity index is 1.56. The van der Waals surface area contributed by atoms with Crippen molar-refractivity contribution >= 4 is 29.1 Å². The van der Waals surface area contributed by atoms with Crippen LogP contribution in [0, 0.1) is 6.92 Å². The number of carbonyl (C=O) groups excluding carboxylic acids is 2. The molecule has 0 fully saturated rings. The summed E-state index contributed by atoms with van der Waals surface area (Å²) in [7, 11) is 0. The number of aromatic amines is 1. The maximum absolute atomic E-state index is 12.1. The molecule has 2 aromatic heterocycles. The highest BCUT2D eigenvalue weighted by Crippen LogP contribution is 2.22. The third-order valence-corrected chi connectivity index (χ3v) is 3.72. The lowest BCUT2D eigenvalue weighted by atomic mass is 10.2. The maximum atomic E-state index is 12.1. The average Bonchev–Trinajstić information content (AvgIpc) is 3.26. The second-order valence-corrected chi connectivity index (χ2v) is 5.77. The Kier molecular flexibility index (Phi) is 4.85. The van der Waals surface area contributed by atoms with E-state index in [9.17, 15) is 9.59 Å². The zero-order chi connectivity index (χ0) is 17.8. The van der Waals surface area contributed by atoms with Crippen molar-refractivity contribution < 1.29 is 14.0 Å². The normalized spacial score (nSPS) is 10.5. The summed E-state index contributed by atoms with van der Waals surface area (Å²) in [5, 5.41) is 12.2. The third kappa shape index (κ3) is 4.07. The number of benzene rings is 1. The molecule has 0 bridgehead atoms. The van der Waals surface area contributed by atoms with Gasteiger partial charge in [-0.05, 0) is 36.8 Å². The highest BCUT2D eigenvalue weighted by molar-refractivity contribution is 6.33. The van der Waals surface area contributed by atoms with Crippen LogP contribution in [0.5, 0.6) is 0 Å². The molecule has 0 unspecified atom stereocenters. The van der Waals surface area contributed by atoms with Crippen LogP contribution in [-0.4, -0.2) is 28.6 Å². The van der Waals surface area contributed by atoms with Crippen molar-refractivity contribution in [3.8, 4) is 11.5 Å². The van der Waals surface area contributed by atoms with E-state index in [1.165, 1.54) is 6.26 Å². The molecule has 0 radical (unpaired) electrons. The Morgan fingerprint density at radius 2 is 2.12 bits per heavy atom. The fourth-order valence-corrected chi connectivity index (χ4v) is 2.45. The van der Waals surface area contributed by atoms with Crippen molar-refractivity contribution in [3.05, 3.63) is 58.9 Å². The van der Waals surface area contributed by atoms with Gasteiger partial charge >= 0.3 is 0 Å². The van der Waals surface area contributed by atoms with Crippen molar-refractivity contribution in [2.24, 2.45) is 0 Å². The van der Waals surface area contributed by atoms with E-state index in [0.717, 1.165) is 5.56 Å². The molecule has 8 heteroatoms. The first kappa shape index (κ1) is 16.8. The molecule has 3 N–H and O–H groups in total. The maximum Gasteiger partial charge on any atom is 0.272 e. The van der Waals surface area contributed by atoms with E-state index in [1.54, 1.807) is 30.3 Å². The van der Waals surface area contributed by atoms with E-state index in [1.807, 2.05) is 13.0 Å². The largest absolute Gasteiger partial charge is 0.463 e. The van der Waals surface area contributed by atoms with Gasteiger partial charge in [0.05, 0.1) is 23.5 Å². The Hall–Kier alpha value is -3.06. The number of nitrogens with zero attached hydrogens (tertiary/aromatic N) is 1. The summed E-state index contributed by atoms with van der Waals surface area (Å²) in [5.74, 6) is -0.293. The lowest BCUT2D eigenvalue weighted by molar-refractivity contribution is -0.115. The Labute approximate surface area is 148 Å². The zero-order valence-electron chi connectivity index (χ0n) is 13.3. The Morgan fingerprint density at radius 1 is 1.28 bits per heavy atom. The second-order valence-electron chi connectivity index (χ2n) is 5.36. The minimum atomic E-state index is -0.473. The number of nitrogens with one attached hydrogen (secondary N) is 3. The van der Waals surface area contributed by atoms with Crippen LogP contribution < -0.4 is 10.6 Å². The number of anilines is 1. The van der Waals surface area contributed by atoms with E-state index in [-0.39, 0.29) is 18.1 Å². The monoisotopic (exact) mass is 358 g/mol. The van der Waals surface area contributed by atoms with Gasteiger partial charge in [0.2, 0.25) is 5.91 Å². The Morgan fingerprint density at radius 3 is 2.84 bits per heavy atom. The quantitative estimate of drug-likeness (QED) is 0.652. The number of H-pyrrole nitrogens is 1. The topological polar surface area (TPSA) is 100 Å². The molecule has 2 heterocycles. The van der Waals surface area contributed by atoms with Gasteiger partial charge in [0.1, 0.15) is 5.69 Å². The molecule has 0 saturated carbocycles. The second kappa shape index (κ2) is 7.23. The fourth-order valence-electron chi connectivity index (χ4n) is 2.16. The molecule has 0 saturated heterocycles. The van der Waals surface area contributed by atoms with Gasteiger partial charge in [0.25, 0.3) is 5.91 Å². The number of furan rings is 1. The SMILES string of the molecule is Cc1ccc(NC(=O)CNC(=O)c2cc(-c3ccco3)[nH]n2)c(Cl)c1. The number of aromatic nitrogens is 2. The first-order valence-corrected chi connectivity index (χ1v) is 7.84. The first-order chi connectivity index (χ1) is 12.0. The molecule has 0 aliphatic carbocycles. The predicted molar refractivity (Wildman–Crippen MR) is 93.4 cm³/mol. The molecule has 0 spiro atoms. The number of halogens is 1. The van der Waals surface area contributed by atoms with E-state index >= 15 is 0 Å². The Bertz CT molecular complexity index is 903. The van der Waals surface area contributed by atoms with Crippen LogP contribution in [0.4, 0.5) is 5.69 Å². The molecule has 3 rings (SSSR count). The van der Waals surface area contributed by atoms with Crippen molar-refractivity contribution in [2.75, 3.05) is 11.9 Å². The van der Waals surface area contributed by atoms with Gasteiger partial charge in [0.15, 0.2) is 11.5 Å². The lowest BCUT2D eigenvalue weighted by Gasteiger charge is -2.08. The fraction of sp³-hybridized carbons (Fsp3) is 0.118. The smallest absolute Gasteiger partial charge is 0.272 e. The molecular weight excluding hydrogens is 344 g/mol. The van der Waals surface area contributed by atoms with E-state index < -0.39 is 5.91 Å². The van der Waals surface area contributed by atoms with Crippen LogP contribution in [-0.2, 0) is 4.79 Å². The molecule has 0 aliphatic rings. The molecular formula is C17H15ClN4O3. The molecule has 25 heavy (non-hydrogen) atoms. The van der Waals surface area contributed by atoms with Gasteiger partial charge in [-0.1, -0.05) is 17.7 Å². The number of hydrogen-bond donors (Lipinski definition) is 3. The molecule has 0 atom stereocenters. The summed E-state index contributed by atoms with van der Waals surface area (Å²) in [6, 6.07) is 10.3. The molecule has 7 nitrogen and oxygen atoms in total. The lowest BCUT2D eigenvalue weighted by Crippen LogP contribution is -2.33. The number of carbonyl (C=O) groups is 2. The van der Waals surface area contributed by atoms with Crippen molar-refractivity contribution in [3.63, 3.8) is 0 Å². The van der Waals surface area contributed by atoms with Crippen LogP contribution in [0.3, 0.4) is 0 Å². The van der Waals surface area contributed by atoms with E-state index in [4.69, 9.17) is 16.0 Å². The zero-order valence-corrected chi connectivity index (χ0v) is 14.1. The highest BCUT2D eigenvalue weighted by Gasteiger charge is 2.14. The van der Waals surface area contributed by atoms with Gasteiger partial charge in [-0.25, -0.2) is 0 Å². The van der Waals surface area contributed by atoms with Gasteiger partial charge in [0, 0.05) is 6.07 Å². The van der Waals surface area contributed by atoms with Crippen molar-refractivity contribution in [1.29, 1.82) is 0 Å². The summed E-state index contributed by atoms with van der Waals surface area (Å²) in [5.41, 5.74) is 2.21. The molecule has 128 valence electrons. The summed E-state index contributed by atoms with van der Waals surface area (Å²) in [4.78, 5) is 24.0. The van der Waals surface area contributed by atoms with E-state index in [2.05, 4.69) is 20.8 Å². The first-order valence-electron chi connectivity index (χ1n) is 7.46. The van der Waals surface area contributed by atoms with Crippen LogP contribution in [0.2, 0.25) is 5.02 Å². The summed E-state index contributed by atoms with van der Waals surface area (Å²) < 4.78 is 5.22. The predicted octanol–water partition coefficient (Wildman–Crippen LogP) is 3.00.